The zero-order valence-electron chi connectivity index (χ0n) is 11.8. The quantitative estimate of drug-likeness (QED) is 0.838. The fourth-order valence-corrected chi connectivity index (χ4v) is 3.79. The number of nitrogens with one attached hydrogen (secondary N) is 1. The maximum Gasteiger partial charge on any atom is 0.339 e. The van der Waals surface area contributed by atoms with Crippen LogP contribution in [0.5, 0.6) is 5.75 Å². The molecule has 6 nitrogen and oxygen atoms in total. The third-order valence-electron chi connectivity index (χ3n) is 3.47. The van der Waals surface area contributed by atoms with Gasteiger partial charge in [0.1, 0.15) is 11.3 Å². The molecule has 2 rings (SSSR count). The molecular formula is C14H19NO5S. The number of carbonyl (C=O) groups is 1. The Hall–Kier alpha value is -1.60. The Bertz CT molecular complexity index is 620. The lowest BCUT2D eigenvalue weighted by Crippen LogP contribution is -2.32. The normalized spacial score (nSPS) is 16.0. The Morgan fingerprint density at radius 3 is 2.62 bits per heavy atom. The van der Waals surface area contributed by atoms with Crippen molar-refractivity contribution in [3.63, 3.8) is 0 Å². The monoisotopic (exact) mass is 313 g/mol. The summed E-state index contributed by atoms with van der Waals surface area (Å²) in [6, 6.07) is 3.84. The number of rotatable bonds is 6. The zero-order chi connectivity index (χ0) is 15.5. The van der Waals surface area contributed by atoms with Gasteiger partial charge in [-0.25, -0.2) is 17.9 Å². The summed E-state index contributed by atoms with van der Waals surface area (Å²) in [6.07, 6.45) is 3.66. The van der Waals surface area contributed by atoms with Crippen molar-refractivity contribution in [2.75, 3.05) is 6.61 Å². The molecule has 1 aliphatic rings. The molecule has 0 aromatic heterocycles. The Balaban J connectivity index is 2.30. The summed E-state index contributed by atoms with van der Waals surface area (Å²) in [5.74, 6) is -1.04. The first kappa shape index (κ1) is 15.8. The molecule has 1 aromatic carbocycles. The summed E-state index contributed by atoms with van der Waals surface area (Å²) < 4.78 is 32.4. The molecule has 0 saturated heterocycles. The number of hydrogen-bond donors (Lipinski definition) is 2. The van der Waals surface area contributed by atoms with Gasteiger partial charge in [-0.2, -0.15) is 0 Å². The van der Waals surface area contributed by atoms with Crippen molar-refractivity contribution in [1.29, 1.82) is 0 Å². The standard InChI is InChI=1S/C14H19NO5S/c1-2-20-13-8-7-11(9-12(13)14(16)17)21(18,19)15-10-5-3-4-6-10/h7-10,15H,2-6H2,1H3,(H,16,17). The van der Waals surface area contributed by atoms with Crippen LogP contribution in [0.4, 0.5) is 0 Å². The highest BCUT2D eigenvalue weighted by Gasteiger charge is 2.24. The van der Waals surface area contributed by atoms with Crippen molar-refractivity contribution >= 4 is 16.0 Å². The highest BCUT2D eigenvalue weighted by Crippen LogP contribution is 2.25. The van der Waals surface area contributed by atoms with Crippen LogP contribution in [0.2, 0.25) is 0 Å². The number of sulfonamides is 1. The Morgan fingerprint density at radius 1 is 1.38 bits per heavy atom. The van der Waals surface area contributed by atoms with Crippen LogP contribution in [0.1, 0.15) is 43.0 Å². The molecule has 0 radical (unpaired) electrons. The molecule has 0 unspecified atom stereocenters. The second kappa shape index (κ2) is 6.44. The maximum absolute atomic E-state index is 12.3. The fraction of sp³-hybridized carbons (Fsp3) is 0.500. The molecule has 0 spiro atoms. The molecule has 0 amide bonds. The lowest BCUT2D eigenvalue weighted by Gasteiger charge is -2.14. The van der Waals surface area contributed by atoms with Gasteiger partial charge in [-0.15, -0.1) is 0 Å². The SMILES string of the molecule is CCOc1ccc(S(=O)(=O)NC2CCCC2)cc1C(=O)O. The maximum atomic E-state index is 12.3. The summed E-state index contributed by atoms with van der Waals surface area (Å²) in [4.78, 5) is 11.2. The van der Waals surface area contributed by atoms with Gasteiger partial charge in [0.15, 0.2) is 0 Å². The Morgan fingerprint density at radius 2 is 2.05 bits per heavy atom. The molecule has 0 atom stereocenters. The Labute approximate surface area is 124 Å². The van der Waals surface area contributed by atoms with Crippen LogP contribution in [0, 0.1) is 0 Å². The van der Waals surface area contributed by atoms with E-state index in [1.54, 1.807) is 6.92 Å². The third-order valence-corrected chi connectivity index (χ3v) is 4.99. The van der Waals surface area contributed by atoms with E-state index >= 15 is 0 Å². The van der Waals surface area contributed by atoms with Crippen molar-refractivity contribution in [1.82, 2.24) is 4.72 Å². The average molecular weight is 313 g/mol. The van der Waals surface area contributed by atoms with E-state index in [1.165, 1.54) is 12.1 Å². The molecule has 0 aliphatic heterocycles. The van der Waals surface area contributed by atoms with E-state index in [4.69, 9.17) is 4.74 Å². The van der Waals surface area contributed by atoms with Crippen LogP contribution in [0.25, 0.3) is 0 Å². The fourth-order valence-electron chi connectivity index (χ4n) is 2.46. The van der Waals surface area contributed by atoms with Crippen molar-refractivity contribution < 1.29 is 23.1 Å². The molecule has 2 N–H and O–H groups in total. The van der Waals surface area contributed by atoms with Crippen molar-refractivity contribution in [2.45, 2.75) is 43.5 Å². The second-order valence-corrected chi connectivity index (χ2v) is 6.71. The summed E-state index contributed by atoms with van der Waals surface area (Å²) in [5.41, 5.74) is -0.147. The van der Waals surface area contributed by atoms with Crippen molar-refractivity contribution in [3.8, 4) is 5.75 Å². The molecule has 21 heavy (non-hydrogen) atoms. The van der Waals surface area contributed by atoms with Crippen LogP contribution in [-0.4, -0.2) is 32.1 Å². The van der Waals surface area contributed by atoms with Crippen molar-refractivity contribution in [2.24, 2.45) is 0 Å². The lowest BCUT2D eigenvalue weighted by atomic mass is 10.2. The van der Waals surface area contributed by atoms with E-state index in [9.17, 15) is 18.3 Å². The summed E-state index contributed by atoms with van der Waals surface area (Å²) in [5, 5.41) is 9.17. The first-order valence-corrected chi connectivity index (χ1v) is 8.45. The predicted molar refractivity (Wildman–Crippen MR) is 77.1 cm³/mol. The molecule has 0 bridgehead atoms. The van der Waals surface area contributed by atoms with Crippen molar-refractivity contribution in [3.05, 3.63) is 23.8 Å². The molecule has 1 aliphatic carbocycles. The first-order chi connectivity index (χ1) is 9.94. The second-order valence-electron chi connectivity index (χ2n) is 5.00. The van der Waals surface area contributed by atoms with E-state index in [2.05, 4.69) is 4.72 Å². The topological polar surface area (TPSA) is 92.7 Å². The van der Waals surface area contributed by atoms with Gasteiger partial charge in [-0.1, -0.05) is 12.8 Å². The van der Waals surface area contributed by atoms with Gasteiger partial charge >= 0.3 is 5.97 Å². The molecule has 1 aromatic rings. The van der Waals surface area contributed by atoms with Crippen LogP contribution in [0.15, 0.2) is 23.1 Å². The minimum absolute atomic E-state index is 0.0461. The van der Waals surface area contributed by atoms with E-state index < -0.39 is 16.0 Å². The van der Waals surface area contributed by atoms with Gasteiger partial charge in [0, 0.05) is 6.04 Å². The zero-order valence-corrected chi connectivity index (χ0v) is 12.6. The predicted octanol–water partition coefficient (Wildman–Crippen LogP) is 2.00. The van der Waals surface area contributed by atoms with Crippen LogP contribution in [0.3, 0.4) is 0 Å². The highest BCUT2D eigenvalue weighted by molar-refractivity contribution is 7.89. The van der Waals surface area contributed by atoms with Gasteiger partial charge in [0.05, 0.1) is 11.5 Å². The average Bonchev–Trinajstić information content (AvgIpc) is 2.91. The molecule has 7 heteroatoms. The molecule has 0 heterocycles. The van der Waals surface area contributed by atoms with E-state index in [0.717, 1.165) is 31.7 Å². The van der Waals surface area contributed by atoms with E-state index in [1.807, 2.05) is 0 Å². The van der Waals surface area contributed by atoms with E-state index in [-0.39, 0.29) is 22.3 Å². The Kier molecular flexibility index (Phi) is 4.84. The van der Waals surface area contributed by atoms with Crippen LogP contribution in [-0.2, 0) is 10.0 Å². The molecule has 1 fully saturated rings. The van der Waals surface area contributed by atoms with Crippen LogP contribution < -0.4 is 9.46 Å². The summed E-state index contributed by atoms with van der Waals surface area (Å²) >= 11 is 0. The number of carboxylic acids is 1. The van der Waals surface area contributed by atoms with Gasteiger partial charge in [0.2, 0.25) is 10.0 Å². The minimum atomic E-state index is -3.70. The third kappa shape index (κ3) is 3.74. The van der Waals surface area contributed by atoms with Gasteiger partial charge in [-0.05, 0) is 38.0 Å². The van der Waals surface area contributed by atoms with Gasteiger partial charge < -0.3 is 9.84 Å². The highest BCUT2D eigenvalue weighted by atomic mass is 32.2. The minimum Gasteiger partial charge on any atom is -0.493 e. The smallest absolute Gasteiger partial charge is 0.339 e. The van der Waals surface area contributed by atoms with E-state index in [0.29, 0.717) is 6.61 Å². The number of aromatic carboxylic acids is 1. The molecule has 116 valence electrons. The largest absolute Gasteiger partial charge is 0.493 e. The molecule has 1 saturated carbocycles. The number of ether oxygens (including phenoxy) is 1. The van der Waals surface area contributed by atoms with Crippen LogP contribution >= 0.6 is 0 Å². The lowest BCUT2D eigenvalue weighted by molar-refractivity contribution is 0.0692. The van der Waals surface area contributed by atoms with Gasteiger partial charge in [0.25, 0.3) is 0 Å². The summed E-state index contributed by atoms with van der Waals surface area (Å²) in [6.45, 7) is 2.05. The number of hydrogen-bond acceptors (Lipinski definition) is 4. The first-order valence-electron chi connectivity index (χ1n) is 6.96. The number of carboxylic acid groups (broad SMARTS) is 1. The van der Waals surface area contributed by atoms with Gasteiger partial charge in [-0.3, -0.25) is 0 Å². The number of benzene rings is 1. The summed E-state index contributed by atoms with van der Waals surface area (Å²) in [7, 11) is -3.70. The molecular weight excluding hydrogens is 294 g/mol.